The third-order valence-corrected chi connectivity index (χ3v) is 5.89. The highest BCUT2D eigenvalue weighted by Gasteiger charge is 2.18. The van der Waals surface area contributed by atoms with Crippen LogP contribution in [0, 0.1) is 0 Å². The van der Waals surface area contributed by atoms with Crippen LogP contribution in [-0.4, -0.2) is 33.0 Å². The monoisotopic (exact) mass is 545 g/mol. The molecule has 2 amide bonds. The number of phenolic OH excluding ortho intramolecular Hbond substituents is 1. The minimum atomic E-state index is -1.32. The Bertz CT molecular complexity index is 1520. The average molecular weight is 546 g/mol. The van der Waals surface area contributed by atoms with Gasteiger partial charge >= 0.3 is 5.97 Å². The smallest absolute Gasteiger partial charge is 0.352 e. The van der Waals surface area contributed by atoms with Crippen molar-refractivity contribution in [1.29, 1.82) is 0 Å². The lowest BCUT2D eigenvalue weighted by Gasteiger charge is -2.10. The van der Waals surface area contributed by atoms with Crippen molar-refractivity contribution in [3.8, 4) is 5.75 Å². The quantitative estimate of drug-likeness (QED) is 0.253. The molecule has 0 aliphatic carbocycles. The van der Waals surface area contributed by atoms with Gasteiger partial charge in [0.15, 0.2) is 0 Å². The molecule has 1 heterocycles. The highest BCUT2D eigenvalue weighted by Crippen LogP contribution is 2.20. The summed E-state index contributed by atoms with van der Waals surface area (Å²) in [6, 6.07) is 21.8. The fourth-order valence-electron chi connectivity index (χ4n) is 3.44. The fourth-order valence-corrected chi connectivity index (χ4v) is 4.00. The lowest BCUT2D eigenvalue weighted by Crippen LogP contribution is -2.28. The molecule has 3 aromatic carbocycles. The molecule has 4 aromatic rings. The van der Waals surface area contributed by atoms with Crippen LogP contribution in [0.4, 0.5) is 0 Å². The molecule has 0 saturated heterocycles. The van der Waals surface area contributed by atoms with Crippen molar-refractivity contribution >= 4 is 50.7 Å². The molecule has 0 bridgehead atoms. The SMILES string of the molecule is O=C(O)C(=Cc1ccc2ccccc2n1)NC(=O)c1ccc(C(=O)NCc2cccc(O)c2)cc1Br. The van der Waals surface area contributed by atoms with Crippen molar-refractivity contribution in [1.82, 2.24) is 15.6 Å². The van der Waals surface area contributed by atoms with Gasteiger partial charge < -0.3 is 20.8 Å². The molecule has 0 saturated carbocycles. The number of fused-ring (bicyclic) bond motifs is 1. The van der Waals surface area contributed by atoms with E-state index >= 15 is 0 Å². The highest BCUT2D eigenvalue weighted by atomic mass is 79.9. The van der Waals surface area contributed by atoms with E-state index in [0.717, 1.165) is 10.9 Å². The van der Waals surface area contributed by atoms with Gasteiger partial charge in [0.25, 0.3) is 11.8 Å². The standard InChI is InChI=1S/C27H20BrN3O5/c28-22-13-18(25(33)29-15-16-4-3-6-20(32)12-16)9-11-21(22)26(34)31-24(27(35)36)14-19-10-8-17-5-1-2-7-23(17)30-19/h1-14,32H,15H2,(H,29,33)(H,31,34)(H,35,36). The second kappa shape index (κ2) is 10.8. The summed E-state index contributed by atoms with van der Waals surface area (Å²) in [7, 11) is 0. The van der Waals surface area contributed by atoms with Crippen LogP contribution >= 0.6 is 15.9 Å². The van der Waals surface area contributed by atoms with Gasteiger partial charge in [0.2, 0.25) is 0 Å². The van der Waals surface area contributed by atoms with E-state index in [2.05, 4.69) is 31.5 Å². The number of carbonyl (C=O) groups excluding carboxylic acids is 2. The Morgan fingerprint density at radius 3 is 2.47 bits per heavy atom. The molecule has 8 nitrogen and oxygen atoms in total. The Kier molecular flexibility index (Phi) is 7.41. The average Bonchev–Trinajstić information content (AvgIpc) is 2.86. The van der Waals surface area contributed by atoms with E-state index in [1.807, 2.05) is 30.3 Å². The van der Waals surface area contributed by atoms with Gasteiger partial charge in [0.1, 0.15) is 11.4 Å². The summed E-state index contributed by atoms with van der Waals surface area (Å²) < 4.78 is 0.318. The number of rotatable bonds is 7. The van der Waals surface area contributed by atoms with E-state index in [-0.39, 0.29) is 29.5 Å². The molecule has 4 N–H and O–H groups in total. The van der Waals surface area contributed by atoms with E-state index in [1.54, 1.807) is 24.3 Å². The number of nitrogens with zero attached hydrogens (tertiary/aromatic N) is 1. The molecule has 180 valence electrons. The van der Waals surface area contributed by atoms with Gasteiger partial charge in [-0.05, 0) is 70.0 Å². The first-order valence-corrected chi connectivity index (χ1v) is 11.6. The third kappa shape index (κ3) is 5.94. The van der Waals surface area contributed by atoms with Gasteiger partial charge in [-0.2, -0.15) is 0 Å². The topological polar surface area (TPSA) is 129 Å². The number of carboxylic acid groups (broad SMARTS) is 1. The highest BCUT2D eigenvalue weighted by molar-refractivity contribution is 9.10. The Balaban J connectivity index is 1.48. The first-order valence-electron chi connectivity index (χ1n) is 10.8. The largest absolute Gasteiger partial charge is 0.508 e. The van der Waals surface area contributed by atoms with Crippen molar-refractivity contribution in [2.75, 3.05) is 0 Å². The van der Waals surface area contributed by atoms with Crippen molar-refractivity contribution in [2.24, 2.45) is 0 Å². The molecule has 4 rings (SSSR count). The van der Waals surface area contributed by atoms with Gasteiger partial charge in [-0.1, -0.05) is 36.4 Å². The molecule has 9 heteroatoms. The number of benzene rings is 3. The van der Waals surface area contributed by atoms with E-state index in [9.17, 15) is 24.6 Å². The van der Waals surface area contributed by atoms with Crippen LogP contribution in [0.2, 0.25) is 0 Å². The Morgan fingerprint density at radius 1 is 0.917 bits per heavy atom. The molecule has 0 fully saturated rings. The first kappa shape index (κ1) is 24.6. The van der Waals surface area contributed by atoms with Gasteiger partial charge in [0, 0.05) is 22.0 Å². The Morgan fingerprint density at radius 2 is 1.72 bits per heavy atom. The Hall–Kier alpha value is -4.50. The molecule has 0 atom stereocenters. The Labute approximate surface area is 214 Å². The second-order valence-corrected chi connectivity index (χ2v) is 8.65. The van der Waals surface area contributed by atoms with Gasteiger partial charge in [0.05, 0.1) is 16.8 Å². The minimum Gasteiger partial charge on any atom is -0.508 e. The molecular formula is C27H20BrN3O5. The number of hydrogen-bond donors (Lipinski definition) is 4. The number of halogens is 1. The van der Waals surface area contributed by atoms with E-state index in [0.29, 0.717) is 21.2 Å². The number of nitrogens with one attached hydrogen (secondary N) is 2. The molecule has 0 unspecified atom stereocenters. The van der Waals surface area contributed by atoms with Crippen LogP contribution < -0.4 is 10.6 Å². The molecule has 36 heavy (non-hydrogen) atoms. The van der Waals surface area contributed by atoms with Crippen molar-refractivity contribution in [3.63, 3.8) is 0 Å². The fraction of sp³-hybridized carbons (Fsp3) is 0.0370. The number of hydrogen-bond acceptors (Lipinski definition) is 5. The lowest BCUT2D eigenvalue weighted by atomic mass is 10.1. The van der Waals surface area contributed by atoms with Crippen LogP contribution in [0.25, 0.3) is 17.0 Å². The normalized spacial score (nSPS) is 11.2. The predicted octanol–water partition coefficient (Wildman–Crippen LogP) is 4.49. The maximum atomic E-state index is 12.8. The first-order chi connectivity index (χ1) is 17.3. The maximum absolute atomic E-state index is 12.8. The zero-order valence-corrected chi connectivity index (χ0v) is 20.3. The van der Waals surface area contributed by atoms with Crippen LogP contribution in [0.15, 0.2) is 89.0 Å². The molecular weight excluding hydrogens is 526 g/mol. The zero-order chi connectivity index (χ0) is 25.7. The number of phenols is 1. The molecule has 0 radical (unpaired) electrons. The van der Waals surface area contributed by atoms with Crippen molar-refractivity contribution in [2.45, 2.75) is 6.54 Å². The van der Waals surface area contributed by atoms with Gasteiger partial charge in [-0.25, -0.2) is 9.78 Å². The molecule has 1 aromatic heterocycles. The number of aromatic hydroxyl groups is 1. The number of pyridine rings is 1. The number of aromatic nitrogens is 1. The number of carbonyl (C=O) groups is 3. The molecule has 0 aliphatic rings. The van der Waals surface area contributed by atoms with Crippen LogP contribution in [0.5, 0.6) is 5.75 Å². The maximum Gasteiger partial charge on any atom is 0.352 e. The van der Waals surface area contributed by atoms with Crippen LogP contribution in [0.3, 0.4) is 0 Å². The number of amides is 2. The summed E-state index contributed by atoms with van der Waals surface area (Å²) >= 11 is 3.29. The summed E-state index contributed by atoms with van der Waals surface area (Å²) in [4.78, 5) is 41.5. The van der Waals surface area contributed by atoms with E-state index < -0.39 is 11.9 Å². The summed E-state index contributed by atoms with van der Waals surface area (Å²) in [5.41, 5.74) is 1.91. The summed E-state index contributed by atoms with van der Waals surface area (Å²) in [5.74, 6) is -2.26. The second-order valence-electron chi connectivity index (χ2n) is 7.79. The minimum absolute atomic E-state index is 0.103. The number of carboxylic acids is 1. The van der Waals surface area contributed by atoms with Crippen molar-refractivity contribution in [3.05, 3.63) is 111 Å². The number of aliphatic carboxylic acids is 1. The molecule has 0 aliphatic heterocycles. The lowest BCUT2D eigenvalue weighted by molar-refractivity contribution is -0.132. The summed E-state index contributed by atoms with van der Waals surface area (Å²) in [6.45, 7) is 0.211. The third-order valence-electron chi connectivity index (χ3n) is 5.23. The van der Waals surface area contributed by atoms with Crippen LogP contribution in [-0.2, 0) is 11.3 Å². The van der Waals surface area contributed by atoms with E-state index in [4.69, 9.17) is 0 Å². The van der Waals surface area contributed by atoms with E-state index in [1.165, 1.54) is 30.3 Å². The summed E-state index contributed by atoms with van der Waals surface area (Å²) in [5, 5.41) is 25.2. The molecule has 0 spiro atoms. The van der Waals surface area contributed by atoms with Crippen molar-refractivity contribution < 1.29 is 24.6 Å². The zero-order valence-electron chi connectivity index (χ0n) is 18.7. The number of para-hydroxylation sites is 1. The van der Waals surface area contributed by atoms with Gasteiger partial charge in [-0.15, -0.1) is 0 Å². The van der Waals surface area contributed by atoms with Crippen LogP contribution in [0.1, 0.15) is 32.0 Å². The predicted molar refractivity (Wildman–Crippen MR) is 138 cm³/mol. The van der Waals surface area contributed by atoms with Gasteiger partial charge in [-0.3, -0.25) is 9.59 Å². The summed E-state index contributed by atoms with van der Waals surface area (Å²) in [6.07, 6.45) is 1.28.